The zero-order chi connectivity index (χ0) is 31.4. The predicted octanol–water partition coefficient (Wildman–Crippen LogP) is 6.30. The van der Waals surface area contributed by atoms with Crippen LogP contribution in [0.2, 0.25) is 0 Å². The van der Waals surface area contributed by atoms with Gasteiger partial charge in [0.05, 0.1) is 17.5 Å². The number of nitrogens with zero attached hydrogens (tertiary/aromatic N) is 5. The van der Waals surface area contributed by atoms with Crippen molar-refractivity contribution in [1.29, 1.82) is 0 Å². The lowest BCUT2D eigenvalue weighted by atomic mass is 10.0. The molecule has 2 saturated heterocycles. The molecule has 0 unspecified atom stereocenters. The molecule has 3 heterocycles. The van der Waals surface area contributed by atoms with Crippen LogP contribution in [0.1, 0.15) is 46.1 Å². The first-order valence-electron chi connectivity index (χ1n) is 16.0. The lowest BCUT2D eigenvalue weighted by molar-refractivity contribution is 0.0692. The first-order chi connectivity index (χ1) is 21.0. The van der Waals surface area contributed by atoms with E-state index in [1.807, 2.05) is 45.0 Å². The largest absolute Gasteiger partial charge is 0.489 e. The molecule has 2 N–H and O–H groups in total. The van der Waals surface area contributed by atoms with E-state index in [0.29, 0.717) is 23.8 Å². The summed E-state index contributed by atoms with van der Waals surface area (Å²) < 4.78 is 19.2. The van der Waals surface area contributed by atoms with Gasteiger partial charge in [0.15, 0.2) is 0 Å². The van der Waals surface area contributed by atoms with Gasteiger partial charge >= 0.3 is 0 Å². The van der Waals surface area contributed by atoms with Crippen LogP contribution in [0.3, 0.4) is 0 Å². The maximum Gasteiger partial charge on any atom is 0.229 e. The molecule has 2 fully saturated rings. The minimum atomic E-state index is -2.47. The summed E-state index contributed by atoms with van der Waals surface area (Å²) in [5.41, 5.74) is 3.69. The van der Waals surface area contributed by atoms with Gasteiger partial charge in [-0.1, -0.05) is 12.1 Å². The van der Waals surface area contributed by atoms with Crippen molar-refractivity contribution >= 4 is 41.3 Å². The zero-order valence-electron chi connectivity index (χ0n) is 27.5. The Morgan fingerprint density at radius 1 is 0.909 bits per heavy atom. The number of nitrogens with one attached hydrogen (secondary N) is 2. The Morgan fingerprint density at radius 3 is 2.27 bits per heavy atom. The van der Waals surface area contributed by atoms with Crippen LogP contribution in [0, 0.1) is 6.92 Å². The van der Waals surface area contributed by atoms with Crippen molar-refractivity contribution in [3.05, 3.63) is 54.2 Å². The summed E-state index contributed by atoms with van der Waals surface area (Å²) in [6.45, 7) is 21.0. The first kappa shape index (κ1) is 32.3. The van der Waals surface area contributed by atoms with Crippen LogP contribution in [0.15, 0.2) is 48.7 Å². The highest BCUT2D eigenvalue weighted by Gasteiger charge is 2.28. The van der Waals surface area contributed by atoms with Crippen molar-refractivity contribution in [1.82, 2.24) is 19.8 Å². The number of piperidine rings is 1. The molecule has 0 radical (unpaired) electrons. The third kappa shape index (κ3) is 7.92. The van der Waals surface area contributed by atoms with Gasteiger partial charge in [0.25, 0.3) is 0 Å². The van der Waals surface area contributed by atoms with Gasteiger partial charge in [-0.25, -0.2) is 4.98 Å². The zero-order valence-corrected chi connectivity index (χ0v) is 28.4. The Bertz CT molecular complexity index is 1460. The molecule has 10 heteroatoms. The van der Waals surface area contributed by atoms with E-state index in [0.717, 1.165) is 41.1 Å². The van der Waals surface area contributed by atoms with E-state index in [-0.39, 0.29) is 6.10 Å². The first-order valence-corrected chi connectivity index (χ1v) is 18.6. The second-order valence-electron chi connectivity index (χ2n) is 13.1. The molecule has 44 heavy (non-hydrogen) atoms. The lowest BCUT2D eigenvalue weighted by Crippen LogP contribution is -2.54. The molecule has 0 spiro atoms. The molecule has 0 amide bonds. The third-order valence-corrected chi connectivity index (χ3v) is 10.3. The van der Waals surface area contributed by atoms with Crippen molar-refractivity contribution in [2.45, 2.75) is 65.6 Å². The molecular formula is C34H50N7O2P. The van der Waals surface area contributed by atoms with E-state index >= 15 is 0 Å². The van der Waals surface area contributed by atoms with E-state index in [2.05, 4.69) is 62.4 Å². The Balaban J connectivity index is 1.28. The maximum absolute atomic E-state index is 12.9. The van der Waals surface area contributed by atoms with Gasteiger partial charge in [-0.2, -0.15) is 4.98 Å². The monoisotopic (exact) mass is 619 g/mol. The van der Waals surface area contributed by atoms with Gasteiger partial charge < -0.3 is 24.8 Å². The van der Waals surface area contributed by atoms with E-state index in [1.165, 1.54) is 44.7 Å². The molecule has 2 aliphatic rings. The molecule has 0 saturated carbocycles. The molecule has 0 bridgehead atoms. The van der Waals surface area contributed by atoms with Crippen LogP contribution >= 0.6 is 7.14 Å². The van der Waals surface area contributed by atoms with Gasteiger partial charge in [-0.05, 0) is 85.1 Å². The quantitative estimate of drug-likeness (QED) is 0.254. The number of piperazine rings is 1. The van der Waals surface area contributed by atoms with E-state index < -0.39 is 7.14 Å². The van der Waals surface area contributed by atoms with Gasteiger partial charge in [0.1, 0.15) is 18.7 Å². The number of benzene rings is 2. The van der Waals surface area contributed by atoms with Crippen molar-refractivity contribution < 1.29 is 9.30 Å². The summed E-state index contributed by atoms with van der Waals surface area (Å²) in [5, 5.41) is 7.60. The molecule has 0 atom stereocenters. The van der Waals surface area contributed by atoms with Gasteiger partial charge in [-0.15, -0.1) is 0 Å². The number of hydrogen-bond acceptors (Lipinski definition) is 9. The average molecular weight is 620 g/mol. The average Bonchev–Trinajstić information content (AvgIpc) is 2.99. The summed E-state index contributed by atoms with van der Waals surface area (Å²) in [5.74, 6) is 1.91. The fourth-order valence-electron chi connectivity index (χ4n) is 6.20. The smallest absolute Gasteiger partial charge is 0.229 e. The standard InChI is InChI=1S/C34H50N7O2P/c1-24(2)39-18-20-41(21-19-39)27-14-16-40(17-15-27)28-12-13-29(31(22-28)43-25(3)4)37-34-35-23-26(5)33(38-34)36-30-10-8-9-11-32(30)44(6,7)42/h8-13,22-25,27H,14-21H2,1-7H3,(H2,35,36,37,38). The fraction of sp³-hybridized carbons (Fsp3) is 0.529. The van der Waals surface area contributed by atoms with Crippen molar-refractivity contribution in [2.75, 3.05) is 68.1 Å². The molecule has 1 aromatic heterocycles. The lowest BCUT2D eigenvalue weighted by Gasteiger charge is -2.44. The third-order valence-electron chi connectivity index (χ3n) is 8.71. The van der Waals surface area contributed by atoms with Gasteiger partial charge in [0, 0.05) is 80.2 Å². The number of aryl methyl sites for hydroxylation is 1. The Kier molecular flexibility index (Phi) is 10.2. The summed E-state index contributed by atoms with van der Waals surface area (Å²) >= 11 is 0. The number of hydrogen-bond donors (Lipinski definition) is 2. The number of aromatic nitrogens is 2. The number of ether oxygens (including phenoxy) is 1. The molecule has 2 aliphatic heterocycles. The highest BCUT2D eigenvalue weighted by molar-refractivity contribution is 7.70. The normalized spacial score (nSPS) is 17.3. The molecule has 238 valence electrons. The van der Waals surface area contributed by atoms with Crippen molar-refractivity contribution in [3.8, 4) is 5.75 Å². The molecule has 0 aliphatic carbocycles. The molecular weight excluding hydrogens is 569 g/mol. The highest BCUT2D eigenvalue weighted by atomic mass is 31.2. The van der Waals surface area contributed by atoms with Crippen LogP contribution in [-0.2, 0) is 4.57 Å². The van der Waals surface area contributed by atoms with E-state index in [1.54, 1.807) is 19.5 Å². The summed E-state index contributed by atoms with van der Waals surface area (Å²) in [6.07, 6.45) is 4.18. The molecule has 5 rings (SSSR count). The van der Waals surface area contributed by atoms with E-state index in [4.69, 9.17) is 9.72 Å². The van der Waals surface area contributed by atoms with Crippen molar-refractivity contribution in [3.63, 3.8) is 0 Å². The topological polar surface area (TPSA) is 85.9 Å². The van der Waals surface area contributed by atoms with Crippen LogP contribution < -0.4 is 25.6 Å². The summed E-state index contributed by atoms with van der Waals surface area (Å²) in [7, 11) is -2.47. The van der Waals surface area contributed by atoms with Crippen LogP contribution in [0.25, 0.3) is 0 Å². The molecule has 9 nitrogen and oxygen atoms in total. The van der Waals surface area contributed by atoms with Crippen molar-refractivity contribution in [2.24, 2.45) is 0 Å². The Morgan fingerprint density at radius 2 is 1.61 bits per heavy atom. The minimum absolute atomic E-state index is 0.0208. The van der Waals surface area contributed by atoms with Crippen LogP contribution in [0.4, 0.5) is 28.8 Å². The number of rotatable bonds is 10. The number of para-hydroxylation sites is 1. The summed E-state index contributed by atoms with van der Waals surface area (Å²) in [4.78, 5) is 17.1. The minimum Gasteiger partial charge on any atom is -0.489 e. The molecule has 3 aromatic rings. The highest BCUT2D eigenvalue weighted by Crippen LogP contribution is 2.39. The predicted molar refractivity (Wildman–Crippen MR) is 185 cm³/mol. The van der Waals surface area contributed by atoms with Gasteiger partial charge in [0.2, 0.25) is 5.95 Å². The maximum atomic E-state index is 12.9. The molecule has 2 aromatic carbocycles. The second-order valence-corrected chi connectivity index (χ2v) is 16.3. The fourth-order valence-corrected chi connectivity index (χ4v) is 7.35. The SMILES string of the molecule is Cc1cnc(Nc2ccc(N3CCC(N4CCN(C(C)C)CC4)CC3)cc2OC(C)C)nc1Nc1ccccc1P(C)(C)=O. The summed E-state index contributed by atoms with van der Waals surface area (Å²) in [6, 6.07) is 15.4. The second kappa shape index (κ2) is 13.9. The Labute approximate surface area is 263 Å². The van der Waals surface area contributed by atoms with Gasteiger partial charge in [-0.3, -0.25) is 9.80 Å². The number of anilines is 5. The van der Waals surface area contributed by atoms with E-state index in [9.17, 15) is 4.57 Å². The Hall–Kier alpha value is -3.13. The van der Waals surface area contributed by atoms with Crippen LogP contribution in [-0.4, -0.2) is 90.6 Å². The van der Waals surface area contributed by atoms with Crippen LogP contribution in [0.5, 0.6) is 5.75 Å².